The molecule has 0 amide bonds. The average molecular weight is 559 g/mol. The molecule has 0 radical (unpaired) electrons. The van der Waals surface area contributed by atoms with E-state index < -0.39 is 0 Å². The van der Waals surface area contributed by atoms with Gasteiger partial charge in [-0.2, -0.15) is 0 Å². The Balaban J connectivity index is 1.58. The van der Waals surface area contributed by atoms with Crippen molar-refractivity contribution in [1.29, 1.82) is 0 Å². The molecule has 0 spiro atoms. The van der Waals surface area contributed by atoms with Gasteiger partial charge in [0, 0.05) is 27.7 Å². The molecule has 0 saturated carbocycles. The fourth-order valence-corrected chi connectivity index (χ4v) is 7.40. The normalized spacial score (nSPS) is 13.1. The fourth-order valence-electron chi connectivity index (χ4n) is 7.40. The second-order valence-electron chi connectivity index (χ2n) is 14.9. The zero-order valence-electron chi connectivity index (χ0n) is 26.0. The van der Waals surface area contributed by atoms with Crippen LogP contribution in [0.4, 0.5) is 0 Å². The van der Waals surface area contributed by atoms with Crippen molar-refractivity contribution >= 4 is 59.8 Å². The zero-order valence-corrected chi connectivity index (χ0v) is 26.0. The third-order valence-electron chi connectivity index (χ3n) is 8.97. The lowest BCUT2D eigenvalue weighted by Gasteiger charge is -2.24. The van der Waals surface area contributed by atoms with Crippen LogP contribution in [0.3, 0.4) is 0 Å². The van der Waals surface area contributed by atoms with Gasteiger partial charge in [0.1, 0.15) is 0 Å². The highest BCUT2D eigenvalue weighted by molar-refractivity contribution is 6.29. The molecule has 0 aliphatic rings. The van der Waals surface area contributed by atoms with E-state index >= 15 is 0 Å². The third-order valence-corrected chi connectivity index (χ3v) is 8.97. The van der Waals surface area contributed by atoms with Crippen molar-refractivity contribution < 1.29 is 0 Å². The second kappa shape index (κ2) is 9.04. The van der Waals surface area contributed by atoms with Crippen molar-refractivity contribution in [1.82, 2.24) is 9.38 Å². The molecule has 212 valence electrons. The molecule has 43 heavy (non-hydrogen) atoms. The minimum absolute atomic E-state index is 0.116. The van der Waals surface area contributed by atoms with Crippen LogP contribution in [0.15, 0.2) is 97.2 Å². The molecule has 8 rings (SSSR count). The van der Waals surface area contributed by atoms with Gasteiger partial charge in [-0.3, -0.25) is 4.98 Å². The topological polar surface area (TPSA) is 17.3 Å². The average Bonchev–Trinajstić information content (AvgIpc) is 3.29. The molecular weight excluding hydrogens is 520 g/mol. The standard InChI is InChI=1S/C41H38N2/c1-40(2,3)23-25-12-15-30-29(20-25)22-33-37-36-27(18-19-42-37)13-16-31-32-21-28(26-10-8-7-9-11-26)14-17-35(32)43(39(31)36)38(33)34(30)24-41(4,5)6/h7-22H,23-24H2,1-6H3. The van der Waals surface area contributed by atoms with Gasteiger partial charge in [0.2, 0.25) is 0 Å². The highest BCUT2D eigenvalue weighted by atomic mass is 14.9. The van der Waals surface area contributed by atoms with Crippen LogP contribution >= 0.6 is 0 Å². The zero-order chi connectivity index (χ0) is 29.7. The van der Waals surface area contributed by atoms with Crippen LogP contribution in [0.5, 0.6) is 0 Å². The molecule has 3 heterocycles. The third kappa shape index (κ3) is 4.19. The summed E-state index contributed by atoms with van der Waals surface area (Å²) in [5.41, 5.74) is 10.6. The van der Waals surface area contributed by atoms with E-state index in [2.05, 4.69) is 137 Å². The Morgan fingerprint density at radius 3 is 2.12 bits per heavy atom. The number of hydrogen-bond donors (Lipinski definition) is 0. The SMILES string of the molecule is CC(C)(C)Cc1ccc2c(CC(C)(C)C)c3c(cc2c1)c1nccc2ccc4c5cc(-c6ccccc6)ccc5n3c4c21. The monoisotopic (exact) mass is 558 g/mol. The largest absolute Gasteiger partial charge is 0.308 e. The molecule has 0 fully saturated rings. The Bertz CT molecular complexity index is 2340. The van der Waals surface area contributed by atoms with Crippen molar-refractivity contribution in [3.63, 3.8) is 0 Å². The summed E-state index contributed by atoms with van der Waals surface area (Å²) in [5, 5.41) is 9.01. The maximum Gasteiger partial charge on any atom is 0.0823 e. The van der Waals surface area contributed by atoms with E-state index in [9.17, 15) is 0 Å². The Morgan fingerprint density at radius 2 is 1.35 bits per heavy atom. The highest BCUT2D eigenvalue weighted by Crippen LogP contribution is 2.45. The molecule has 0 N–H and O–H groups in total. The summed E-state index contributed by atoms with van der Waals surface area (Å²) in [6.45, 7) is 14.0. The number of fused-ring (bicyclic) bond motifs is 7. The summed E-state index contributed by atoms with van der Waals surface area (Å²) in [6.07, 6.45) is 4.02. The smallest absolute Gasteiger partial charge is 0.0823 e. The van der Waals surface area contributed by atoms with Crippen LogP contribution in [0.25, 0.3) is 70.9 Å². The Hall–Kier alpha value is -4.43. The summed E-state index contributed by atoms with van der Waals surface area (Å²) in [6, 6.07) is 34.1. The number of pyridine rings is 2. The van der Waals surface area contributed by atoms with Crippen molar-refractivity contribution in [2.24, 2.45) is 10.8 Å². The van der Waals surface area contributed by atoms with Crippen LogP contribution < -0.4 is 0 Å². The molecule has 0 aliphatic heterocycles. The first-order valence-electron chi connectivity index (χ1n) is 15.6. The van der Waals surface area contributed by atoms with E-state index in [1.165, 1.54) is 76.5 Å². The van der Waals surface area contributed by atoms with Crippen LogP contribution in [-0.4, -0.2) is 9.38 Å². The molecular formula is C41H38N2. The van der Waals surface area contributed by atoms with Gasteiger partial charge < -0.3 is 4.40 Å². The first kappa shape index (κ1) is 26.2. The van der Waals surface area contributed by atoms with Gasteiger partial charge in [-0.05, 0) is 86.3 Å². The first-order valence-corrected chi connectivity index (χ1v) is 15.6. The van der Waals surface area contributed by atoms with Gasteiger partial charge in [0.05, 0.1) is 22.1 Å². The number of nitrogens with zero attached hydrogens (tertiary/aromatic N) is 2. The molecule has 2 heteroatoms. The van der Waals surface area contributed by atoms with Crippen LogP contribution in [0, 0.1) is 10.8 Å². The molecule has 2 nitrogen and oxygen atoms in total. The summed E-state index contributed by atoms with van der Waals surface area (Å²) in [4.78, 5) is 5.11. The summed E-state index contributed by atoms with van der Waals surface area (Å²) >= 11 is 0. The van der Waals surface area contributed by atoms with Crippen molar-refractivity contribution in [2.45, 2.75) is 54.4 Å². The van der Waals surface area contributed by atoms with E-state index in [0.29, 0.717) is 0 Å². The van der Waals surface area contributed by atoms with E-state index in [-0.39, 0.29) is 10.8 Å². The molecule has 8 aromatic rings. The molecule has 0 saturated heterocycles. The van der Waals surface area contributed by atoms with Crippen molar-refractivity contribution in [3.05, 3.63) is 108 Å². The van der Waals surface area contributed by atoms with E-state index in [1.54, 1.807) is 0 Å². The number of rotatable bonds is 3. The van der Waals surface area contributed by atoms with Crippen LogP contribution in [0.1, 0.15) is 52.7 Å². The number of benzene rings is 5. The minimum atomic E-state index is 0.116. The van der Waals surface area contributed by atoms with Gasteiger partial charge in [-0.15, -0.1) is 0 Å². The van der Waals surface area contributed by atoms with Crippen molar-refractivity contribution in [3.8, 4) is 11.1 Å². The lowest BCUT2D eigenvalue weighted by Crippen LogP contribution is -2.12. The maximum absolute atomic E-state index is 5.11. The van der Waals surface area contributed by atoms with Crippen LogP contribution in [-0.2, 0) is 12.8 Å². The molecule has 3 aromatic heterocycles. The van der Waals surface area contributed by atoms with Gasteiger partial charge in [0.25, 0.3) is 0 Å². The molecule has 0 unspecified atom stereocenters. The van der Waals surface area contributed by atoms with E-state index in [4.69, 9.17) is 4.98 Å². The van der Waals surface area contributed by atoms with Gasteiger partial charge >= 0.3 is 0 Å². The molecule has 0 aliphatic carbocycles. The lowest BCUT2D eigenvalue weighted by atomic mass is 9.83. The predicted octanol–water partition coefficient (Wildman–Crippen LogP) is 11.4. The second-order valence-corrected chi connectivity index (χ2v) is 14.9. The van der Waals surface area contributed by atoms with Gasteiger partial charge in [-0.1, -0.05) is 108 Å². The number of aromatic nitrogens is 2. The van der Waals surface area contributed by atoms with Gasteiger partial charge in [0.15, 0.2) is 0 Å². The fraction of sp³-hybridized carbons (Fsp3) is 0.244. The number of hydrogen-bond acceptors (Lipinski definition) is 1. The van der Waals surface area contributed by atoms with E-state index in [1.807, 2.05) is 6.20 Å². The lowest BCUT2D eigenvalue weighted by molar-refractivity contribution is 0.411. The predicted molar refractivity (Wildman–Crippen MR) is 186 cm³/mol. The summed E-state index contributed by atoms with van der Waals surface area (Å²) in [7, 11) is 0. The van der Waals surface area contributed by atoms with Gasteiger partial charge in [-0.25, -0.2) is 0 Å². The first-order chi connectivity index (χ1) is 20.6. The van der Waals surface area contributed by atoms with E-state index in [0.717, 1.165) is 18.4 Å². The maximum atomic E-state index is 5.11. The van der Waals surface area contributed by atoms with Crippen molar-refractivity contribution in [2.75, 3.05) is 0 Å². The Kier molecular flexibility index (Phi) is 5.51. The van der Waals surface area contributed by atoms with Crippen LogP contribution in [0.2, 0.25) is 0 Å². The summed E-state index contributed by atoms with van der Waals surface area (Å²) in [5.74, 6) is 0. The Morgan fingerprint density at radius 1 is 0.581 bits per heavy atom. The quantitative estimate of drug-likeness (QED) is 0.156. The summed E-state index contributed by atoms with van der Waals surface area (Å²) < 4.78 is 2.58. The highest BCUT2D eigenvalue weighted by Gasteiger charge is 2.24. The minimum Gasteiger partial charge on any atom is -0.308 e. The Labute approximate surface area is 253 Å². The molecule has 0 atom stereocenters. The molecule has 5 aromatic carbocycles. The molecule has 0 bridgehead atoms.